The van der Waals surface area contributed by atoms with Crippen LogP contribution in [0.3, 0.4) is 0 Å². The van der Waals surface area contributed by atoms with Crippen molar-refractivity contribution in [2.24, 2.45) is 0 Å². The molecule has 124 valence electrons. The maximum Gasteiger partial charge on any atom is 0.253 e. The van der Waals surface area contributed by atoms with E-state index in [4.69, 9.17) is 10.0 Å². The molecule has 0 saturated heterocycles. The predicted octanol–water partition coefficient (Wildman–Crippen LogP) is 1.58. The van der Waals surface area contributed by atoms with Gasteiger partial charge in [0.1, 0.15) is 0 Å². The summed E-state index contributed by atoms with van der Waals surface area (Å²) in [6.45, 7) is 1.56. The molecule has 0 spiro atoms. The van der Waals surface area contributed by atoms with Gasteiger partial charge in [-0.25, -0.2) is 11.0 Å². The van der Waals surface area contributed by atoms with E-state index in [1.165, 1.54) is 12.8 Å². The van der Waals surface area contributed by atoms with Gasteiger partial charge in [0, 0.05) is 25.8 Å². The molecule has 0 aliphatic heterocycles. The average Bonchev–Trinajstić information content (AvgIpc) is 2.59. The second-order valence-electron chi connectivity index (χ2n) is 4.76. The molecule has 0 atom stereocenters. The maximum atomic E-state index is 8.92. The fourth-order valence-corrected chi connectivity index (χ4v) is 1.97. The van der Waals surface area contributed by atoms with Crippen molar-refractivity contribution in [2.75, 3.05) is 48.4 Å². The van der Waals surface area contributed by atoms with Crippen LogP contribution in [0.25, 0.3) is 0 Å². The van der Waals surface area contributed by atoms with E-state index in [-0.39, 0.29) is 11.9 Å². The predicted molar refractivity (Wildman–Crippen MR) is 88.7 cm³/mol. The number of rotatable bonds is 9. The highest BCUT2D eigenvalue weighted by atomic mass is 16.6. The summed E-state index contributed by atoms with van der Waals surface area (Å²) in [5, 5.41) is 12.0. The van der Waals surface area contributed by atoms with Gasteiger partial charge in [-0.2, -0.15) is 15.0 Å². The molecular formula is C14H21N7O2. The van der Waals surface area contributed by atoms with Crippen molar-refractivity contribution < 1.29 is 10.0 Å². The van der Waals surface area contributed by atoms with E-state index in [9.17, 15) is 0 Å². The van der Waals surface area contributed by atoms with Gasteiger partial charge in [0.15, 0.2) is 0 Å². The van der Waals surface area contributed by atoms with Gasteiger partial charge in [-0.05, 0) is 18.6 Å². The summed E-state index contributed by atoms with van der Waals surface area (Å²) in [7, 11) is 3.50. The standard InChI is InChI=1S/C14H21N7O2/c1-21(11-7-4-3-5-8-11)10-6-9-15-12-16-13(19-22)18-14(17-12)20-23-2/h3-5,7-8,22H,6,9-10H2,1-2H3,(H3,15,16,17,18,19,20). The van der Waals surface area contributed by atoms with Gasteiger partial charge in [0.2, 0.25) is 5.95 Å². The zero-order valence-corrected chi connectivity index (χ0v) is 13.2. The molecule has 9 nitrogen and oxygen atoms in total. The summed E-state index contributed by atoms with van der Waals surface area (Å²) in [6, 6.07) is 10.2. The van der Waals surface area contributed by atoms with E-state index in [1.807, 2.05) is 30.7 Å². The number of anilines is 4. The molecule has 2 aromatic rings. The van der Waals surface area contributed by atoms with Crippen molar-refractivity contribution in [1.82, 2.24) is 15.0 Å². The van der Waals surface area contributed by atoms with Gasteiger partial charge in [0.25, 0.3) is 11.9 Å². The molecule has 0 fully saturated rings. The zero-order valence-electron chi connectivity index (χ0n) is 13.2. The topological polar surface area (TPSA) is 107 Å². The van der Waals surface area contributed by atoms with Crippen LogP contribution in [-0.4, -0.2) is 47.4 Å². The van der Waals surface area contributed by atoms with Crippen molar-refractivity contribution in [2.45, 2.75) is 6.42 Å². The van der Waals surface area contributed by atoms with Crippen LogP contribution in [-0.2, 0) is 4.84 Å². The lowest BCUT2D eigenvalue weighted by Crippen LogP contribution is -2.21. The summed E-state index contributed by atoms with van der Waals surface area (Å²) in [6.07, 6.45) is 0.895. The first kappa shape index (κ1) is 16.7. The van der Waals surface area contributed by atoms with E-state index >= 15 is 0 Å². The molecule has 0 saturated carbocycles. The molecule has 0 radical (unpaired) electrons. The minimum Gasteiger partial charge on any atom is -0.375 e. The van der Waals surface area contributed by atoms with Crippen LogP contribution in [0.15, 0.2) is 30.3 Å². The number of para-hydroxylation sites is 1. The fourth-order valence-electron chi connectivity index (χ4n) is 1.97. The Morgan fingerprint density at radius 2 is 1.78 bits per heavy atom. The number of benzene rings is 1. The number of hydrogen-bond donors (Lipinski definition) is 4. The summed E-state index contributed by atoms with van der Waals surface area (Å²) in [5.41, 5.74) is 5.55. The third-order valence-electron chi connectivity index (χ3n) is 3.08. The molecule has 0 aliphatic rings. The van der Waals surface area contributed by atoms with E-state index in [2.05, 4.69) is 42.8 Å². The Hall–Kier alpha value is -2.65. The lowest BCUT2D eigenvalue weighted by Gasteiger charge is -2.19. The highest BCUT2D eigenvalue weighted by Gasteiger charge is 2.06. The molecule has 0 bridgehead atoms. The van der Waals surface area contributed by atoms with Gasteiger partial charge in [-0.3, -0.25) is 10.0 Å². The second-order valence-corrected chi connectivity index (χ2v) is 4.76. The van der Waals surface area contributed by atoms with Crippen LogP contribution in [0.2, 0.25) is 0 Å². The highest BCUT2D eigenvalue weighted by molar-refractivity contribution is 5.45. The van der Waals surface area contributed by atoms with Crippen LogP contribution in [0.5, 0.6) is 0 Å². The minimum absolute atomic E-state index is 0.0310. The zero-order chi connectivity index (χ0) is 16.5. The van der Waals surface area contributed by atoms with E-state index < -0.39 is 0 Å². The maximum absolute atomic E-state index is 8.92. The summed E-state index contributed by atoms with van der Waals surface area (Å²) < 4.78 is 0. The molecule has 0 unspecified atom stereocenters. The van der Waals surface area contributed by atoms with Crippen molar-refractivity contribution in [1.29, 1.82) is 0 Å². The van der Waals surface area contributed by atoms with E-state index in [0.717, 1.165) is 13.0 Å². The summed E-state index contributed by atoms with van der Waals surface area (Å²) in [4.78, 5) is 18.9. The molecule has 1 heterocycles. The molecule has 2 rings (SSSR count). The fraction of sp³-hybridized carbons (Fsp3) is 0.357. The second kappa shape index (κ2) is 8.71. The van der Waals surface area contributed by atoms with Crippen LogP contribution in [0.4, 0.5) is 23.5 Å². The first-order valence-electron chi connectivity index (χ1n) is 7.18. The Labute approximate surface area is 134 Å². The quantitative estimate of drug-likeness (QED) is 0.405. The Bertz CT molecular complexity index is 597. The van der Waals surface area contributed by atoms with Crippen LogP contribution in [0.1, 0.15) is 6.42 Å². The molecule has 0 aliphatic carbocycles. The Kier molecular flexibility index (Phi) is 6.33. The first-order valence-corrected chi connectivity index (χ1v) is 7.18. The van der Waals surface area contributed by atoms with Crippen LogP contribution in [0, 0.1) is 0 Å². The van der Waals surface area contributed by atoms with Crippen LogP contribution >= 0.6 is 0 Å². The molecule has 4 N–H and O–H groups in total. The normalized spacial score (nSPS) is 10.2. The number of nitrogens with one attached hydrogen (secondary N) is 3. The van der Waals surface area contributed by atoms with E-state index in [0.29, 0.717) is 12.5 Å². The number of hydrogen-bond acceptors (Lipinski definition) is 9. The third kappa shape index (κ3) is 5.24. The smallest absolute Gasteiger partial charge is 0.253 e. The number of nitrogens with zero attached hydrogens (tertiary/aromatic N) is 4. The van der Waals surface area contributed by atoms with Gasteiger partial charge in [-0.1, -0.05) is 18.2 Å². The molecule has 9 heteroatoms. The molecule has 23 heavy (non-hydrogen) atoms. The Morgan fingerprint density at radius 1 is 1.09 bits per heavy atom. The summed E-state index contributed by atoms with van der Waals surface area (Å²) >= 11 is 0. The van der Waals surface area contributed by atoms with Crippen LogP contribution < -0.4 is 21.2 Å². The Balaban J connectivity index is 1.82. The Morgan fingerprint density at radius 3 is 2.48 bits per heavy atom. The average molecular weight is 319 g/mol. The summed E-state index contributed by atoms with van der Waals surface area (Å²) in [5.74, 6) is 0.574. The van der Waals surface area contributed by atoms with Gasteiger partial charge < -0.3 is 10.2 Å². The highest BCUT2D eigenvalue weighted by Crippen LogP contribution is 2.11. The largest absolute Gasteiger partial charge is 0.375 e. The minimum atomic E-state index is 0.0310. The lowest BCUT2D eigenvalue weighted by atomic mass is 10.3. The van der Waals surface area contributed by atoms with E-state index in [1.54, 1.807) is 0 Å². The number of aromatic nitrogens is 3. The third-order valence-corrected chi connectivity index (χ3v) is 3.08. The first-order chi connectivity index (χ1) is 11.2. The molecule has 1 aromatic carbocycles. The molecular weight excluding hydrogens is 298 g/mol. The monoisotopic (exact) mass is 319 g/mol. The van der Waals surface area contributed by atoms with Gasteiger partial charge >= 0.3 is 0 Å². The van der Waals surface area contributed by atoms with Crippen molar-refractivity contribution >= 4 is 23.5 Å². The lowest BCUT2D eigenvalue weighted by molar-refractivity contribution is 0.267. The van der Waals surface area contributed by atoms with Crippen molar-refractivity contribution in [3.63, 3.8) is 0 Å². The van der Waals surface area contributed by atoms with Gasteiger partial charge in [-0.15, -0.1) is 0 Å². The molecule has 1 aromatic heterocycles. The van der Waals surface area contributed by atoms with Crippen molar-refractivity contribution in [3.05, 3.63) is 30.3 Å². The van der Waals surface area contributed by atoms with Crippen molar-refractivity contribution in [3.8, 4) is 0 Å². The molecule has 0 amide bonds. The SMILES string of the molecule is CONc1nc(NO)nc(NCCCN(C)c2ccccc2)n1. The van der Waals surface area contributed by atoms with Gasteiger partial charge in [0.05, 0.1) is 7.11 Å².